The molecule has 1 atom stereocenters. The van der Waals surface area contributed by atoms with Crippen LogP contribution in [-0.2, 0) is 4.79 Å². The molecule has 0 saturated carbocycles. The smallest absolute Gasteiger partial charge is 0.255 e. The first-order valence-corrected chi connectivity index (χ1v) is 9.42. The summed E-state index contributed by atoms with van der Waals surface area (Å²) >= 11 is 0. The summed E-state index contributed by atoms with van der Waals surface area (Å²) in [4.78, 5) is 24.0. The molecule has 0 radical (unpaired) electrons. The Morgan fingerprint density at radius 2 is 2.03 bits per heavy atom. The second-order valence-electron chi connectivity index (χ2n) is 7.29. The number of nitrogens with one attached hydrogen (secondary N) is 2. The van der Waals surface area contributed by atoms with Crippen molar-refractivity contribution in [1.82, 2.24) is 15.1 Å². The molecule has 3 aromatic rings. The number of aromatic nitrogens is 2. The Kier molecular flexibility index (Phi) is 4.88. The number of anilines is 1. The van der Waals surface area contributed by atoms with E-state index >= 15 is 0 Å². The highest BCUT2D eigenvalue weighted by Crippen LogP contribution is 2.25. The van der Waals surface area contributed by atoms with Gasteiger partial charge in [0.25, 0.3) is 5.91 Å². The van der Waals surface area contributed by atoms with Crippen molar-refractivity contribution in [2.24, 2.45) is 0 Å². The van der Waals surface area contributed by atoms with Gasteiger partial charge in [-0.2, -0.15) is 5.10 Å². The van der Waals surface area contributed by atoms with Crippen LogP contribution in [0.5, 0.6) is 0 Å². The molecule has 2 amide bonds. The molecular formula is C22H21FN4O2. The van der Waals surface area contributed by atoms with Gasteiger partial charge < -0.3 is 10.6 Å². The Bertz CT molecular complexity index is 1110. The Balaban J connectivity index is 1.52. The number of aryl methyl sites for hydroxylation is 2. The lowest BCUT2D eigenvalue weighted by molar-refractivity contribution is -0.119. The van der Waals surface area contributed by atoms with Gasteiger partial charge in [-0.3, -0.25) is 9.59 Å². The summed E-state index contributed by atoms with van der Waals surface area (Å²) < 4.78 is 16.2. The van der Waals surface area contributed by atoms with Crippen LogP contribution in [-0.4, -0.2) is 28.1 Å². The molecular weight excluding hydrogens is 371 g/mol. The number of benzene rings is 2. The highest BCUT2D eigenvalue weighted by molar-refractivity contribution is 6.04. The Morgan fingerprint density at radius 1 is 1.21 bits per heavy atom. The third kappa shape index (κ3) is 3.89. The van der Waals surface area contributed by atoms with Crippen molar-refractivity contribution in [3.05, 3.63) is 76.9 Å². The zero-order valence-electron chi connectivity index (χ0n) is 16.2. The zero-order valence-corrected chi connectivity index (χ0v) is 16.2. The first-order valence-electron chi connectivity index (χ1n) is 9.42. The molecule has 2 N–H and O–H groups in total. The molecule has 2 aromatic carbocycles. The first kappa shape index (κ1) is 18.9. The maximum Gasteiger partial charge on any atom is 0.255 e. The molecule has 1 unspecified atom stereocenters. The maximum atomic E-state index is 14.6. The van der Waals surface area contributed by atoms with E-state index in [0.29, 0.717) is 24.3 Å². The highest BCUT2D eigenvalue weighted by Gasteiger charge is 2.23. The van der Waals surface area contributed by atoms with Crippen molar-refractivity contribution in [1.29, 1.82) is 0 Å². The fourth-order valence-corrected chi connectivity index (χ4v) is 3.61. The Morgan fingerprint density at radius 3 is 2.69 bits per heavy atom. The van der Waals surface area contributed by atoms with E-state index in [1.807, 2.05) is 38.1 Å². The maximum absolute atomic E-state index is 14.6. The van der Waals surface area contributed by atoms with Gasteiger partial charge in [-0.25, -0.2) is 9.07 Å². The number of amides is 2. The number of halogens is 1. The largest absolute Gasteiger partial charge is 0.355 e. The highest BCUT2D eigenvalue weighted by atomic mass is 19.1. The van der Waals surface area contributed by atoms with Gasteiger partial charge in [0, 0.05) is 35.8 Å². The van der Waals surface area contributed by atoms with Crippen LogP contribution >= 0.6 is 0 Å². The van der Waals surface area contributed by atoms with Crippen molar-refractivity contribution in [2.45, 2.75) is 26.2 Å². The topological polar surface area (TPSA) is 76.0 Å². The summed E-state index contributed by atoms with van der Waals surface area (Å²) in [6.07, 6.45) is 0.441. The van der Waals surface area contributed by atoms with E-state index in [0.717, 1.165) is 17.0 Å². The van der Waals surface area contributed by atoms with Crippen LogP contribution in [0.25, 0.3) is 5.69 Å². The predicted molar refractivity (Wildman–Crippen MR) is 108 cm³/mol. The van der Waals surface area contributed by atoms with E-state index in [1.165, 1.54) is 10.7 Å². The fraction of sp³-hybridized carbons (Fsp3) is 0.227. The molecule has 0 spiro atoms. The van der Waals surface area contributed by atoms with Crippen LogP contribution in [0.3, 0.4) is 0 Å². The number of hydrogen-bond acceptors (Lipinski definition) is 3. The van der Waals surface area contributed by atoms with Crippen LogP contribution in [0.2, 0.25) is 0 Å². The number of nitrogens with zero attached hydrogens (tertiary/aromatic N) is 2. The lowest BCUT2D eigenvalue weighted by Crippen LogP contribution is -2.14. The number of hydrogen-bond donors (Lipinski definition) is 2. The minimum Gasteiger partial charge on any atom is -0.355 e. The third-order valence-electron chi connectivity index (χ3n) is 5.04. The summed E-state index contributed by atoms with van der Waals surface area (Å²) in [5.41, 5.74) is 3.71. The van der Waals surface area contributed by atoms with Crippen LogP contribution in [0, 0.1) is 19.7 Å². The first-order chi connectivity index (χ1) is 13.9. The molecule has 1 saturated heterocycles. The molecule has 29 heavy (non-hydrogen) atoms. The minimum atomic E-state index is -0.520. The zero-order chi connectivity index (χ0) is 20.5. The van der Waals surface area contributed by atoms with E-state index in [-0.39, 0.29) is 17.4 Å². The van der Waals surface area contributed by atoms with E-state index in [9.17, 15) is 14.0 Å². The number of carbonyl (C=O) groups is 2. The average molecular weight is 392 g/mol. The van der Waals surface area contributed by atoms with Crippen LogP contribution in [0.4, 0.5) is 10.1 Å². The van der Waals surface area contributed by atoms with Crippen LogP contribution < -0.4 is 10.6 Å². The molecule has 148 valence electrons. The van der Waals surface area contributed by atoms with Gasteiger partial charge in [0.15, 0.2) is 0 Å². The average Bonchev–Trinajstić information content (AvgIpc) is 3.26. The molecule has 4 rings (SSSR count). The van der Waals surface area contributed by atoms with E-state index in [1.54, 1.807) is 18.2 Å². The Hall–Kier alpha value is -3.48. The molecule has 1 aromatic heterocycles. The standard InChI is InChI=1S/C22H21FN4O2/c1-13-8-14(2)27(26-13)20-7-6-16(10-19(20)23)22(29)25-18-5-3-4-15(9-18)17-11-21(28)24-12-17/h3-10,17H,11-12H2,1-2H3,(H,24,28)(H,25,29). The van der Waals surface area contributed by atoms with Gasteiger partial charge in [-0.15, -0.1) is 0 Å². The summed E-state index contributed by atoms with van der Waals surface area (Å²) in [5.74, 6) is -0.797. The number of carbonyl (C=O) groups excluding carboxylic acids is 2. The SMILES string of the molecule is Cc1cc(C)n(-c2ccc(C(=O)Nc3cccc(C4CNC(=O)C4)c3)cc2F)n1. The summed E-state index contributed by atoms with van der Waals surface area (Å²) in [7, 11) is 0. The lowest BCUT2D eigenvalue weighted by Gasteiger charge is -2.12. The van der Waals surface area contributed by atoms with Gasteiger partial charge in [0.1, 0.15) is 11.5 Å². The van der Waals surface area contributed by atoms with E-state index < -0.39 is 11.7 Å². The number of rotatable bonds is 4. The van der Waals surface area contributed by atoms with E-state index in [2.05, 4.69) is 15.7 Å². The second kappa shape index (κ2) is 7.50. The lowest BCUT2D eigenvalue weighted by atomic mass is 9.98. The van der Waals surface area contributed by atoms with Crippen molar-refractivity contribution in [3.8, 4) is 5.69 Å². The molecule has 2 heterocycles. The summed E-state index contributed by atoms with van der Waals surface area (Å²) in [5, 5.41) is 9.89. The fourth-order valence-electron chi connectivity index (χ4n) is 3.61. The second-order valence-corrected chi connectivity index (χ2v) is 7.29. The molecule has 0 aliphatic carbocycles. The van der Waals surface area contributed by atoms with Crippen LogP contribution in [0.1, 0.15) is 39.6 Å². The van der Waals surface area contributed by atoms with Gasteiger partial charge >= 0.3 is 0 Å². The minimum absolute atomic E-state index is 0.0302. The normalized spacial score (nSPS) is 16.0. The summed E-state index contributed by atoms with van der Waals surface area (Å²) in [6.45, 7) is 4.28. The van der Waals surface area contributed by atoms with Crippen molar-refractivity contribution >= 4 is 17.5 Å². The predicted octanol–water partition coefficient (Wildman–Crippen LogP) is 3.48. The van der Waals surface area contributed by atoms with E-state index in [4.69, 9.17) is 0 Å². The van der Waals surface area contributed by atoms with Gasteiger partial charge in [-0.1, -0.05) is 12.1 Å². The van der Waals surface area contributed by atoms with Crippen molar-refractivity contribution in [2.75, 3.05) is 11.9 Å². The quantitative estimate of drug-likeness (QED) is 0.714. The van der Waals surface area contributed by atoms with Gasteiger partial charge in [-0.05, 0) is 55.8 Å². The van der Waals surface area contributed by atoms with Crippen molar-refractivity contribution < 1.29 is 14.0 Å². The third-order valence-corrected chi connectivity index (χ3v) is 5.04. The molecule has 6 nitrogen and oxygen atoms in total. The molecule has 1 fully saturated rings. The molecule has 1 aliphatic heterocycles. The van der Waals surface area contributed by atoms with Gasteiger partial charge in [0.2, 0.25) is 5.91 Å². The summed E-state index contributed by atoms with van der Waals surface area (Å²) in [6, 6.07) is 13.6. The van der Waals surface area contributed by atoms with Crippen LogP contribution in [0.15, 0.2) is 48.5 Å². The molecule has 7 heteroatoms. The van der Waals surface area contributed by atoms with Crippen molar-refractivity contribution in [3.63, 3.8) is 0 Å². The molecule has 1 aliphatic rings. The van der Waals surface area contributed by atoms with Gasteiger partial charge in [0.05, 0.1) is 5.69 Å². The monoisotopic (exact) mass is 392 g/mol. The molecule has 0 bridgehead atoms. The Labute approximate surface area is 167 Å².